The van der Waals surface area contributed by atoms with Gasteiger partial charge in [0.15, 0.2) is 11.5 Å². The quantitative estimate of drug-likeness (QED) is 0.604. The Hall–Kier alpha value is -2.40. The van der Waals surface area contributed by atoms with Crippen molar-refractivity contribution in [3.63, 3.8) is 0 Å². The molecule has 1 fully saturated rings. The van der Waals surface area contributed by atoms with Crippen LogP contribution in [-0.4, -0.2) is 59.9 Å². The van der Waals surface area contributed by atoms with Crippen molar-refractivity contribution in [2.75, 3.05) is 26.2 Å². The predicted molar refractivity (Wildman–Crippen MR) is 106 cm³/mol. The van der Waals surface area contributed by atoms with Gasteiger partial charge in [-0.15, -0.1) is 0 Å². The van der Waals surface area contributed by atoms with Gasteiger partial charge >= 0.3 is 0 Å². The van der Waals surface area contributed by atoms with E-state index in [-0.39, 0.29) is 47.2 Å². The summed E-state index contributed by atoms with van der Waals surface area (Å²) >= 11 is 5.80. The summed E-state index contributed by atoms with van der Waals surface area (Å²) < 4.78 is 41.1. The van der Waals surface area contributed by atoms with E-state index in [0.29, 0.717) is 18.7 Å². The van der Waals surface area contributed by atoms with Crippen LogP contribution in [-0.2, 0) is 23.1 Å². The normalized spacial score (nSPS) is 17.4. The van der Waals surface area contributed by atoms with Crippen molar-refractivity contribution in [3.05, 3.63) is 51.8 Å². The largest absolute Gasteiger partial charge is 0.504 e. The first-order valence-corrected chi connectivity index (χ1v) is 11.0. The minimum atomic E-state index is -3.99. The highest BCUT2D eigenvalue weighted by Gasteiger charge is 2.39. The fraction of sp³-hybridized carbons (Fsp3) is 0.316. The van der Waals surface area contributed by atoms with E-state index in [9.17, 15) is 27.8 Å². The molecule has 0 aromatic heterocycles. The van der Waals surface area contributed by atoms with Crippen LogP contribution >= 0.6 is 11.6 Å². The Morgan fingerprint density at radius 3 is 2.53 bits per heavy atom. The number of carbonyl (C=O) groups is 1. The zero-order valence-corrected chi connectivity index (χ0v) is 17.3. The van der Waals surface area contributed by atoms with Gasteiger partial charge in [0.2, 0.25) is 10.0 Å². The maximum Gasteiger partial charge on any atom is 0.258 e. The summed E-state index contributed by atoms with van der Waals surface area (Å²) in [6.07, 6.45) is 0. The molecular formula is C19H19ClFN3O5S. The third-order valence-corrected chi connectivity index (χ3v) is 7.50. The number of nitrogens with one attached hydrogen (secondary N) is 1. The number of phenolic OH excluding ortho intramolecular Hbond substituents is 2. The van der Waals surface area contributed by atoms with Crippen LogP contribution in [0.2, 0.25) is 5.02 Å². The number of carbonyl (C=O) groups excluding carboxylic acids is 1. The number of sulfonamides is 1. The SMILES string of the molecule is O=C1c2c(O)c(O)cc(S(=O)(=O)N3CCNCC3)c2CN1Cc1ccc(F)c(Cl)c1. The maximum atomic E-state index is 13.4. The Morgan fingerprint density at radius 1 is 1.17 bits per heavy atom. The highest BCUT2D eigenvalue weighted by Crippen LogP contribution is 2.42. The van der Waals surface area contributed by atoms with E-state index in [4.69, 9.17) is 11.6 Å². The van der Waals surface area contributed by atoms with Gasteiger partial charge in [-0.2, -0.15) is 4.31 Å². The molecule has 0 atom stereocenters. The number of hydrogen-bond acceptors (Lipinski definition) is 6. The molecule has 2 aliphatic rings. The number of fused-ring (bicyclic) bond motifs is 1. The third kappa shape index (κ3) is 3.49. The molecule has 2 aliphatic heterocycles. The molecule has 2 heterocycles. The lowest BCUT2D eigenvalue weighted by Crippen LogP contribution is -2.46. The number of piperazine rings is 1. The lowest BCUT2D eigenvalue weighted by atomic mass is 10.1. The number of phenols is 2. The zero-order chi connectivity index (χ0) is 21.6. The first kappa shape index (κ1) is 20.9. The predicted octanol–water partition coefficient (Wildman–Crippen LogP) is 1.64. The molecule has 1 amide bonds. The lowest BCUT2D eigenvalue weighted by molar-refractivity contribution is 0.0764. The van der Waals surface area contributed by atoms with E-state index in [1.54, 1.807) is 0 Å². The van der Waals surface area contributed by atoms with Crippen LogP contribution in [0.1, 0.15) is 21.5 Å². The van der Waals surface area contributed by atoms with Crippen LogP contribution in [0, 0.1) is 5.82 Å². The molecule has 0 saturated carbocycles. The van der Waals surface area contributed by atoms with Crippen molar-refractivity contribution in [3.8, 4) is 11.5 Å². The Balaban J connectivity index is 1.73. The monoisotopic (exact) mass is 455 g/mol. The number of halogens is 2. The third-order valence-electron chi connectivity index (χ3n) is 5.25. The Bertz CT molecular complexity index is 1140. The number of rotatable bonds is 4. The van der Waals surface area contributed by atoms with E-state index < -0.39 is 33.2 Å². The summed E-state index contributed by atoms with van der Waals surface area (Å²) in [5, 5.41) is 23.3. The molecule has 2 aromatic rings. The van der Waals surface area contributed by atoms with Gasteiger partial charge in [0.05, 0.1) is 15.5 Å². The van der Waals surface area contributed by atoms with E-state index >= 15 is 0 Å². The van der Waals surface area contributed by atoms with Crippen molar-refractivity contribution in [1.82, 2.24) is 14.5 Å². The average molecular weight is 456 g/mol. The number of benzene rings is 2. The smallest absolute Gasteiger partial charge is 0.258 e. The Morgan fingerprint density at radius 2 is 1.87 bits per heavy atom. The van der Waals surface area contributed by atoms with E-state index in [1.807, 2.05) is 0 Å². The number of aromatic hydroxyl groups is 2. The standard InChI is InChI=1S/C19H19ClFN3O5S/c20-13-7-11(1-2-14(13)21)9-23-10-12-16(8-15(25)18(26)17(12)19(23)27)30(28,29)24-5-3-22-4-6-24/h1-2,7-8,22,25-26H,3-6,9-10H2. The second kappa shape index (κ2) is 7.69. The molecule has 0 radical (unpaired) electrons. The van der Waals surface area contributed by atoms with E-state index in [2.05, 4.69) is 5.32 Å². The lowest BCUT2D eigenvalue weighted by Gasteiger charge is -2.27. The minimum Gasteiger partial charge on any atom is -0.504 e. The van der Waals surface area contributed by atoms with Gasteiger partial charge in [-0.25, -0.2) is 12.8 Å². The first-order chi connectivity index (χ1) is 14.2. The summed E-state index contributed by atoms with van der Waals surface area (Å²) in [7, 11) is -3.99. The van der Waals surface area contributed by atoms with Crippen molar-refractivity contribution >= 4 is 27.5 Å². The van der Waals surface area contributed by atoms with Crippen molar-refractivity contribution in [1.29, 1.82) is 0 Å². The second-order valence-electron chi connectivity index (χ2n) is 7.16. The Kier molecular flexibility index (Phi) is 5.35. The van der Waals surface area contributed by atoms with Gasteiger partial charge < -0.3 is 20.4 Å². The summed E-state index contributed by atoms with van der Waals surface area (Å²) in [4.78, 5) is 14.0. The van der Waals surface area contributed by atoms with Gasteiger partial charge in [-0.1, -0.05) is 17.7 Å². The molecule has 0 aliphatic carbocycles. The molecule has 0 unspecified atom stereocenters. The van der Waals surface area contributed by atoms with Crippen molar-refractivity contribution < 1.29 is 27.8 Å². The van der Waals surface area contributed by atoms with Crippen LogP contribution in [0.25, 0.3) is 0 Å². The average Bonchev–Trinajstić information content (AvgIpc) is 3.04. The molecule has 4 rings (SSSR count). The molecule has 3 N–H and O–H groups in total. The van der Waals surface area contributed by atoms with Gasteiger partial charge in [0.25, 0.3) is 5.91 Å². The van der Waals surface area contributed by atoms with Crippen molar-refractivity contribution in [2.24, 2.45) is 0 Å². The van der Waals surface area contributed by atoms with E-state index in [0.717, 1.165) is 6.07 Å². The van der Waals surface area contributed by atoms with Gasteiger partial charge in [0.1, 0.15) is 5.82 Å². The van der Waals surface area contributed by atoms with Crippen LogP contribution in [0.4, 0.5) is 4.39 Å². The molecule has 30 heavy (non-hydrogen) atoms. The van der Waals surface area contributed by atoms with Gasteiger partial charge in [-0.3, -0.25) is 4.79 Å². The van der Waals surface area contributed by atoms with Crippen LogP contribution < -0.4 is 5.32 Å². The minimum absolute atomic E-state index is 0.0286. The summed E-state index contributed by atoms with van der Waals surface area (Å²) in [5.74, 6) is -2.56. The molecule has 8 nitrogen and oxygen atoms in total. The molecule has 0 bridgehead atoms. The van der Waals surface area contributed by atoms with Gasteiger partial charge in [0, 0.05) is 50.9 Å². The Labute approximate surface area is 177 Å². The molecule has 2 aromatic carbocycles. The second-order valence-corrected chi connectivity index (χ2v) is 9.47. The highest BCUT2D eigenvalue weighted by atomic mass is 35.5. The van der Waals surface area contributed by atoms with Crippen LogP contribution in [0.3, 0.4) is 0 Å². The maximum absolute atomic E-state index is 13.4. The van der Waals surface area contributed by atoms with Crippen LogP contribution in [0.5, 0.6) is 11.5 Å². The molecule has 11 heteroatoms. The molecule has 160 valence electrons. The fourth-order valence-electron chi connectivity index (χ4n) is 3.72. The number of amides is 1. The number of nitrogens with zero attached hydrogens (tertiary/aromatic N) is 2. The molecular weight excluding hydrogens is 437 g/mol. The number of hydrogen-bond donors (Lipinski definition) is 3. The summed E-state index contributed by atoms with van der Waals surface area (Å²) in [5.41, 5.74) is 0.428. The van der Waals surface area contributed by atoms with Gasteiger partial charge in [-0.05, 0) is 17.7 Å². The van der Waals surface area contributed by atoms with Crippen molar-refractivity contribution in [2.45, 2.75) is 18.0 Å². The summed E-state index contributed by atoms with van der Waals surface area (Å²) in [6.45, 7) is 1.43. The zero-order valence-electron chi connectivity index (χ0n) is 15.7. The molecule has 1 saturated heterocycles. The topological polar surface area (TPSA) is 110 Å². The fourth-order valence-corrected chi connectivity index (χ4v) is 5.61. The van der Waals surface area contributed by atoms with Crippen LogP contribution in [0.15, 0.2) is 29.2 Å². The summed E-state index contributed by atoms with van der Waals surface area (Å²) in [6, 6.07) is 5.00. The molecule has 0 spiro atoms. The highest BCUT2D eigenvalue weighted by molar-refractivity contribution is 7.89. The van der Waals surface area contributed by atoms with E-state index in [1.165, 1.54) is 27.4 Å². The first-order valence-electron chi connectivity index (χ1n) is 9.22.